The lowest BCUT2D eigenvalue weighted by Gasteiger charge is -2.34. The summed E-state index contributed by atoms with van der Waals surface area (Å²) in [6.45, 7) is 4.96. The zero-order valence-electron chi connectivity index (χ0n) is 12.3. The first-order valence-electron chi connectivity index (χ1n) is 7.37. The molecule has 0 saturated carbocycles. The average Bonchev–Trinajstić information content (AvgIpc) is 3.20. The van der Waals surface area contributed by atoms with Gasteiger partial charge in [-0.15, -0.1) is 15.3 Å². The van der Waals surface area contributed by atoms with Crippen LogP contribution >= 0.6 is 0 Å². The lowest BCUT2D eigenvalue weighted by atomic mass is 10.2. The standard InChI is InChI=1S/C14H17N7O/c1-2-22-9-12-8-19(7-11-5-6-16-21(11)12)14-4-3-13-17-15-10-20(13)18-14/h3-6,10,12H,2,7-9H2,1H3. The van der Waals surface area contributed by atoms with Crippen molar-refractivity contribution >= 4 is 11.5 Å². The van der Waals surface area contributed by atoms with Gasteiger partial charge in [-0.25, -0.2) is 0 Å². The van der Waals surface area contributed by atoms with Crippen LogP contribution in [-0.2, 0) is 11.3 Å². The molecule has 0 saturated heterocycles. The fraction of sp³-hybridized carbons (Fsp3) is 0.429. The van der Waals surface area contributed by atoms with Gasteiger partial charge in [-0.1, -0.05) is 0 Å². The van der Waals surface area contributed by atoms with E-state index in [1.54, 1.807) is 10.8 Å². The van der Waals surface area contributed by atoms with Crippen LogP contribution in [-0.4, -0.2) is 49.4 Å². The lowest BCUT2D eigenvalue weighted by Crippen LogP contribution is -2.40. The van der Waals surface area contributed by atoms with Crippen LogP contribution in [0.15, 0.2) is 30.7 Å². The predicted octanol–water partition coefficient (Wildman–Crippen LogP) is 0.919. The average molecular weight is 299 g/mol. The molecule has 0 aromatic carbocycles. The second kappa shape index (κ2) is 5.38. The summed E-state index contributed by atoms with van der Waals surface area (Å²) in [4.78, 5) is 2.24. The Labute approximate surface area is 127 Å². The summed E-state index contributed by atoms with van der Waals surface area (Å²) in [5, 5.41) is 16.9. The van der Waals surface area contributed by atoms with Gasteiger partial charge in [0.1, 0.15) is 12.1 Å². The summed E-state index contributed by atoms with van der Waals surface area (Å²) in [6.07, 6.45) is 3.46. The highest BCUT2D eigenvalue weighted by molar-refractivity contribution is 5.45. The van der Waals surface area contributed by atoms with Gasteiger partial charge < -0.3 is 9.64 Å². The molecule has 1 aliphatic rings. The van der Waals surface area contributed by atoms with Gasteiger partial charge >= 0.3 is 0 Å². The lowest BCUT2D eigenvalue weighted by molar-refractivity contribution is 0.106. The molecule has 0 aliphatic carbocycles. The van der Waals surface area contributed by atoms with Gasteiger partial charge in [-0.05, 0) is 25.1 Å². The molecule has 1 aliphatic heterocycles. The van der Waals surface area contributed by atoms with E-state index in [9.17, 15) is 0 Å². The number of hydrogen-bond acceptors (Lipinski definition) is 6. The van der Waals surface area contributed by atoms with Crippen molar-refractivity contribution in [2.24, 2.45) is 0 Å². The van der Waals surface area contributed by atoms with E-state index < -0.39 is 0 Å². The molecule has 0 amide bonds. The van der Waals surface area contributed by atoms with E-state index in [4.69, 9.17) is 4.74 Å². The van der Waals surface area contributed by atoms with Crippen molar-refractivity contribution in [1.29, 1.82) is 0 Å². The molecule has 4 rings (SSSR count). The van der Waals surface area contributed by atoms with Crippen LogP contribution in [0.5, 0.6) is 0 Å². The molecule has 22 heavy (non-hydrogen) atoms. The molecule has 0 fully saturated rings. The van der Waals surface area contributed by atoms with Gasteiger partial charge in [0.15, 0.2) is 5.65 Å². The van der Waals surface area contributed by atoms with E-state index in [1.165, 1.54) is 5.69 Å². The highest BCUT2D eigenvalue weighted by Crippen LogP contribution is 2.24. The van der Waals surface area contributed by atoms with Crippen LogP contribution in [0.3, 0.4) is 0 Å². The topological polar surface area (TPSA) is 73.4 Å². The first-order valence-corrected chi connectivity index (χ1v) is 7.37. The van der Waals surface area contributed by atoms with Gasteiger partial charge in [0.25, 0.3) is 0 Å². The highest BCUT2D eigenvalue weighted by atomic mass is 16.5. The number of ether oxygens (including phenoxy) is 1. The summed E-state index contributed by atoms with van der Waals surface area (Å²) < 4.78 is 9.36. The van der Waals surface area contributed by atoms with Gasteiger partial charge in [-0.2, -0.15) is 9.61 Å². The third-order valence-electron chi connectivity index (χ3n) is 3.87. The van der Waals surface area contributed by atoms with Crippen LogP contribution in [0.25, 0.3) is 5.65 Å². The molecule has 8 nitrogen and oxygen atoms in total. The minimum Gasteiger partial charge on any atom is -0.379 e. The molecule has 0 bridgehead atoms. The fourth-order valence-electron chi connectivity index (χ4n) is 2.83. The van der Waals surface area contributed by atoms with Gasteiger partial charge in [0.2, 0.25) is 0 Å². The van der Waals surface area contributed by atoms with E-state index in [-0.39, 0.29) is 6.04 Å². The van der Waals surface area contributed by atoms with Crippen LogP contribution < -0.4 is 4.90 Å². The van der Waals surface area contributed by atoms with Gasteiger partial charge in [0.05, 0.1) is 24.9 Å². The van der Waals surface area contributed by atoms with Crippen molar-refractivity contribution in [3.05, 3.63) is 36.4 Å². The Morgan fingerprint density at radius 3 is 3.18 bits per heavy atom. The number of anilines is 1. The van der Waals surface area contributed by atoms with Crippen molar-refractivity contribution in [2.45, 2.75) is 19.5 Å². The zero-order valence-corrected chi connectivity index (χ0v) is 12.3. The molecular weight excluding hydrogens is 282 g/mol. The maximum Gasteiger partial charge on any atom is 0.177 e. The first kappa shape index (κ1) is 13.2. The molecule has 0 spiro atoms. The van der Waals surface area contributed by atoms with Crippen molar-refractivity contribution in [3.63, 3.8) is 0 Å². The highest BCUT2D eigenvalue weighted by Gasteiger charge is 2.26. The molecule has 1 unspecified atom stereocenters. The summed E-state index contributed by atoms with van der Waals surface area (Å²) in [6, 6.07) is 6.15. The van der Waals surface area contributed by atoms with Crippen molar-refractivity contribution in [3.8, 4) is 0 Å². The molecular formula is C14H17N7O. The molecule has 0 radical (unpaired) electrons. The van der Waals surface area contributed by atoms with E-state index >= 15 is 0 Å². The number of fused-ring (bicyclic) bond motifs is 2. The van der Waals surface area contributed by atoms with E-state index in [0.717, 1.165) is 24.6 Å². The number of nitrogens with zero attached hydrogens (tertiary/aromatic N) is 7. The van der Waals surface area contributed by atoms with Crippen molar-refractivity contribution < 1.29 is 4.74 Å². The minimum absolute atomic E-state index is 0.192. The molecule has 114 valence electrons. The number of hydrogen-bond donors (Lipinski definition) is 0. The Kier molecular flexibility index (Phi) is 3.23. The minimum atomic E-state index is 0.192. The molecule has 4 heterocycles. The summed E-state index contributed by atoms with van der Waals surface area (Å²) >= 11 is 0. The Morgan fingerprint density at radius 1 is 1.32 bits per heavy atom. The Hall–Kier alpha value is -2.48. The van der Waals surface area contributed by atoms with Crippen LogP contribution in [0.2, 0.25) is 0 Å². The molecule has 1 atom stereocenters. The van der Waals surface area contributed by atoms with Crippen molar-refractivity contribution in [2.75, 3.05) is 24.7 Å². The largest absolute Gasteiger partial charge is 0.379 e. The smallest absolute Gasteiger partial charge is 0.177 e. The normalized spacial score (nSPS) is 17.9. The molecule has 8 heteroatoms. The van der Waals surface area contributed by atoms with Gasteiger partial charge in [0, 0.05) is 19.3 Å². The molecule has 0 N–H and O–H groups in total. The van der Waals surface area contributed by atoms with Crippen molar-refractivity contribution in [1.82, 2.24) is 29.6 Å². The Balaban J connectivity index is 1.65. The third-order valence-corrected chi connectivity index (χ3v) is 3.87. The second-order valence-corrected chi connectivity index (χ2v) is 5.29. The fourth-order valence-corrected chi connectivity index (χ4v) is 2.83. The monoisotopic (exact) mass is 299 g/mol. The Morgan fingerprint density at radius 2 is 2.27 bits per heavy atom. The molecule has 3 aromatic heterocycles. The number of aromatic nitrogens is 6. The van der Waals surface area contributed by atoms with E-state index in [1.807, 2.05) is 31.3 Å². The van der Waals surface area contributed by atoms with E-state index in [2.05, 4.69) is 30.0 Å². The predicted molar refractivity (Wildman–Crippen MR) is 79.6 cm³/mol. The van der Waals surface area contributed by atoms with Crippen LogP contribution in [0.4, 0.5) is 5.82 Å². The quantitative estimate of drug-likeness (QED) is 0.713. The van der Waals surface area contributed by atoms with Gasteiger partial charge in [-0.3, -0.25) is 4.68 Å². The van der Waals surface area contributed by atoms with E-state index in [0.29, 0.717) is 13.2 Å². The summed E-state index contributed by atoms with van der Waals surface area (Å²) in [7, 11) is 0. The zero-order chi connectivity index (χ0) is 14.9. The summed E-state index contributed by atoms with van der Waals surface area (Å²) in [5.41, 5.74) is 1.92. The SMILES string of the molecule is CCOCC1CN(c2ccc3nncn3n2)Cc2ccnn21. The third kappa shape index (κ3) is 2.21. The van der Waals surface area contributed by atoms with Crippen LogP contribution in [0, 0.1) is 0 Å². The molecule has 3 aromatic rings. The van der Waals surface area contributed by atoms with Crippen LogP contribution in [0.1, 0.15) is 18.7 Å². The second-order valence-electron chi connectivity index (χ2n) is 5.29. The maximum atomic E-state index is 5.61. The summed E-state index contributed by atoms with van der Waals surface area (Å²) in [5.74, 6) is 0.904. The first-order chi connectivity index (χ1) is 10.8. The maximum absolute atomic E-state index is 5.61. The number of rotatable bonds is 4. The Bertz CT molecular complexity index is 780.